The van der Waals surface area contributed by atoms with Crippen LogP contribution in [0.4, 0.5) is 26.3 Å². The molecule has 2 heterocycles. The predicted octanol–water partition coefficient (Wildman–Crippen LogP) is 7.08. The van der Waals surface area contributed by atoms with Gasteiger partial charge in [0.25, 0.3) is 0 Å². The number of aromatic nitrogens is 2. The third-order valence-corrected chi connectivity index (χ3v) is 6.56. The van der Waals surface area contributed by atoms with Crippen LogP contribution < -0.4 is 0 Å². The fourth-order valence-corrected chi connectivity index (χ4v) is 4.43. The zero-order chi connectivity index (χ0) is 25.5. The highest BCUT2D eigenvalue weighted by Gasteiger charge is 2.41. The van der Waals surface area contributed by atoms with Gasteiger partial charge < -0.3 is 9.47 Å². The Morgan fingerprint density at radius 3 is 2.42 bits per heavy atom. The maximum absolute atomic E-state index is 13.8. The fraction of sp³-hybridized carbons (Fsp3) is 0.304. The second-order valence-electron chi connectivity index (χ2n) is 8.01. The summed E-state index contributed by atoms with van der Waals surface area (Å²) in [4.78, 5) is 18.0. The number of benzene rings is 2. The van der Waals surface area contributed by atoms with Crippen molar-refractivity contribution in [2.24, 2.45) is 0 Å². The highest BCUT2D eigenvalue weighted by Crippen LogP contribution is 2.39. The van der Waals surface area contributed by atoms with Crippen LogP contribution >= 0.6 is 35.6 Å². The number of halogens is 9. The standard InChI is InChI=1S/C23H17Cl2F6N3O.ClH/c24-14-5-2-4-13(20(14)25)21-18-11-33(7-8-34(18)22(32-21)23(29,30)31)19(35)6-1-3-12-9-16(27)17(28)10-15(12)26;/h2,4-5,9-10H,1,3,6-8,11H2;1H. The molecule has 1 aromatic heterocycles. The Labute approximate surface area is 218 Å². The lowest BCUT2D eigenvalue weighted by atomic mass is 10.1. The molecule has 13 heteroatoms. The number of amides is 1. The highest BCUT2D eigenvalue weighted by atomic mass is 35.5. The fourth-order valence-electron chi connectivity index (χ4n) is 4.04. The quantitative estimate of drug-likeness (QED) is 0.242. The van der Waals surface area contributed by atoms with E-state index in [0.717, 1.165) is 10.6 Å². The first-order chi connectivity index (χ1) is 16.5. The summed E-state index contributed by atoms with van der Waals surface area (Å²) in [5, 5.41) is 0.188. The van der Waals surface area contributed by atoms with Crippen molar-refractivity contribution in [3.05, 3.63) is 74.9 Å². The molecule has 0 aliphatic carbocycles. The molecule has 194 valence electrons. The summed E-state index contributed by atoms with van der Waals surface area (Å²) in [6, 6.07) is 5.71. The van der Waals surface area contributed by atoms with Crippen molar-refractivity contribution in [1.82, 2.24) is 14.5 Å². The van der Waals surface area contributed by atoms with E-state index < -0.39 is 29.5 Å². The smallest absolute Gasteiger partial charge is 0.335 e. The summed E-state index contributed by atoms with van der Waals surface area (Å²) in [5.41, 5.74) is 0.279. The minimum absolute atomic E-state index is 0. The number of aryl methyl sites for hydroxylation is 1. The summed E-state index contributed by atoms with van der Waals surface area (Å²) in [7, 11) is 0. The van der Waals surface area contributed by atoms with Gasteiger partial charge in [-0.2, -0.15) is 13.2 Å². The highest BCUT2D eigenvalue weighted by molar-refractivity contribution is 6.43. The van der Waals surface area contributed by atoms with Crippen molar-refractivity contribution in [2.45, 2.75) is 38.5 Å². The first kappa shape index (κ1) is 28.1. The van der Waals surface area contributed by atoms with Gasteiger partial charge in [-0.3, -0.25) is 4.79 Å². The van der Waals surface area contributed by atoms with Crippen molar-refractivity contribution in [1.29, 1.82) is 0 Å². The summed E-state index contributed by atoms with van der Waals surface area (Å²) < 4.78 is 82.2. The third kappa shape index (κ3) is 5.60. The molecule has 0 bridgehead atoms. The SMILES string of the molecule is Cl.O=C(CCCc1cc(F)c(F)cc1F)N1CCn2c(C(F)(F)F)nc(-c3cccc(Cl)c3Cl)c2C1. The van der Waals surface area contributed by atoms with Gasteiger partial charge in [0.1, 0.15) is 5.82 Å². The molecular formula is C23H18Cl3F6N3O. The van der Waals surface area contributed by atoms with E-state index in [-0.39, 0.29) is 89.8 Å². The maximum atomic E-state index is 13.8. The Morgan fingerprint density at radius 2 is 1.72 bits per heavy atom. The molecule has 1 aliphatic heterocycles. The molecule has 0 saturated carbocycles. The van der Waals surface area contributed by atoms with Gasteiger partial charge in [0, 0.05) is 31.1 Å². The lowest BCUT2D eigenvalue weighted by molar-refractivity contribution is -0.148. The van der Waals surface area contributed by atoms with Crippen molar-refractivity contribution in [2.75, 3.05) is 6.54 Å². The van der Waals surface area contributed by atoms with Crippen LogP contribution in [0.25, 0.3) is 11.3 Å². The molecule has 4 rings (SSSR count). The number of nitrogens with zero attached hydrogens (tertiary/aromatic N) is 3. The Morgan fingerprint density at radius 1 is 1.03 bits per heavy atom. The molecule has 0 radical (unpaired) electrons. The van der Waals surface area contributed by atoms with Crippen LogP contribution in [0, 0.1) is 17.5 Å². The number of fused-ring (bicyclic) bond motifs is 1. The zero-order valence-electron chi connectivity index (χ0n) is 18.3. The van der Waals surface area contributed by atoms with Gasteiger partial charge in [-0.1, -0.05) is 35.3 Å². The van der Waals surface area contributed by atoms with E-state index in [1.807, 2.05) is 0 Å². The second kappa shape index (κ2) is 10.9. The number of imidazole rings is 1. The average Bonchev–Trinajstić information content (AvgIpc) is 3.18. The van der Waals surface area contributed by atoms with Crippen LogP contribution in [0.15, 0.2) is 30.3 Å². The topological polar surface area (TPSA) is 38.1 Å². The van der Waals surface area contributed by atoms with Crippen LogP contribution in [0.1, 0.15) is 29.9 Å². The molecule has 3 aromatic rings. The predicted molar refractivity (Wildman–Crippen MR) is 125 cm³/mol. The number of hydrogen-bond acceptors (Lipinski definition) is 2. The monoisotopic (exact) mass is 571 g/mol. The van der Waals surface area contributed by atoms with E-state index in [1.165, 1.54) is 23.1 Å². The minimum Gasteiger partial charge on any atom is -0.335 e. The van der Waals surface area contributed by atoms with E-state index in [9.17, 15) is 31.1 Å². The van der Waals surface area contributed by atoms with Gasteiger partial charge in [0.05, 0.1) is 28.0 Å². The first-order valence-corrected chi connectivity index (χ1v) is 11.2. The second-order valence-corrected chi connectivity index (χ2v) is 8.79. The van der Waals surface area contributed by atoms with E-state index in [1.54, 1.807) is 0 Å². The van der Waals surface area contributed by atoms with Crippen molar-refractivity contribution in [3.63, 3.8) is 0 Å². The van der Waals surface area contributed by atoms with Crippen LogP contribution in [-0.4, -0.2) is 26.9 Å². The third-order valence-electron chi connectivity index (χ3n) is 5.75. The van der Waals surface area contributed by atoms with Gasteiger partial charge in [-0.25, -0.2) is 18.2 Å². The minimum atomic E-state index is -4.72. The van der Waals surface area contributed by atoms with E-state index in [0.29, 0.717) is 6.07 Å². The van der Waals surface area contributed by atoms with Crippen molar-refractivity contribution < 1.29 is 31.1 Å². The molecule has 2 aromatic carbocycles. The molecule has 0 N–H and O–H groups in total. The summed E-state index contributed by atoms with van der Waals surface area (Å²) >= 11 is 12.3. The molecule has 0 atom stereocenters. The zero-order valence-corrected chi connectivity index (χ0v) is 20.6. The van der Waals surface area contributed by atoms with E-state index in [4.69, 9.17) is 23.2 Å². The number of rotatable bonds is 5. The number of carbonyl (C=O) groups excluding carboxylic acids is 1. The summed E-state index contributed by atoms with van der Waals surface area (Å²) in [6.45, 7) is -0.286. The van der Waals surface area contributed by atoms with Crippen molar-refractivity contribution in [3.8, 4) is 11.3 Å². The number of hydrogen-bond donors (Lipinski definition) is 0. The van der Waals surface area contributed by atoms with Crippen molar-refractivity contribution >= 4 is 41.5 Å². The Kier molecular flexibility index (Phi) is 8.52. The van der Waals surface area contributed by atoms with Crippen LogP contribution in [0.3, 0.4) is 0 Å². The number of alkyl halides is 3. The summed E-state index contributed by atoms with van der Waals surface area (Å²) in [5.74, 6) is -4.89. The average molecular weight is 573 g/mol. The lowest BCUT2D eigenvalue weighted by Crippen LogP contribution is -2.39. The Hall–Kier alpha value is -2.43. The summed E-state index contributed by atoms with van der Waals surface area (Å²) in [6.07, 6.45) is -4.66. The van der Waals surface area contributed by atoms with E-state index >= 15 is 0 Å². The molecule has 0 spiro atoms. The van der Waals surface area contributed by atoms with Gasteiger partial charge in [-0.15, -0.1) is 12.4 Å². The molecule has 1 aliphatic rings. The molecule has 0 saturated heterocycles. The number of carbonyl (C=O) groups is 1. The molecular weight excluding hydrogens is 555 g/mol. The molecule has 0 fully saturated rings. The van der Waals surface area contributed by atoms with Gasteiger partial charge in [-0.05, 0) is 30.5 Å². The van der Waals surface area contributed by atoms with E-state index in [2.05, 4.69) is 4.98 Å². The molecule has 1 amide bonds. The van der Waals surface area contributed by atoms with Crippen LogP contribution in [-0.2, 0) is 30.5 Å². The molecule has 0 unspecified atom stereocenters. The lowest BCUT2D eigenvalue weighted by Gasteiger charge is -2.30. The Balaban J connectivity index is 0.00000361. The molecule has 36 heavy (non-hydrogen) atoms. The van der Waals surface area contributed by atoms with Gasteiger partial charge in [0.2, 0.25) is 11.7 Å². The maximum Gasteiger partial charge on any atom is 0.449 e. The molecule has 4 nitrogen and oxygen atoms in total. The van der Waals surface area contributed by atoms with Gasteiger partial charge >= 0.3 is 6.18 Å². The Bertz CT molecular complexity index is 1300. The first-order valence-electron chi connectivity index (χ1n) is 10.5. The largest absolute Gasteiger partial charge is 0.449 e. The normalized spacial score (nSPS) is 13.4. The van der Waals surface area contributed by atoms with Crippen LogP contribution in [0.2, 0.25) is 10.0 Å². The van der Waals surface area contributed by atoms with Gasteiger partial charge in [0.15, 0.2) is 11.6 Å². The van der Waals surface area contributed by atoms with Crippen LogP contribution in [0.5, 0.6) is 0 Å².